The van der Waals surface area contributed by atoms with Gasteiger partial charge in [-0.2, -0.15) is 0 Å². The third-order valence-corrected chi connectivity index (χ3v) is 2.81. The van der Waals surface area contributed by atoms with Crippen LogP contribution in [0, 0.1) is 24.6 Å². The summed E-state index contributed by atoms with van der Waals surface area (Å²) in [5, 5.41) is 11.5. The van der Waals surface area contributed by atoms with Gasteiger partial charge in [-0.1, -0.05) is 24.0 Å². The third-order valence-electron chi connectivity index (χ3n) is 2.81. The fourth-order valence-electron chi connectivity index (χ4n) is 1.83. The summed E-state index contributed by atoms with van der Waals surface area (Å²) >= 11 is 0. The smallest absolute Gasteiger partial charge is 0.255 e. The Morgan fingerprint density at radius 2 is 2.10 bits per heavy atom. The second-order valence-electron chi connectivity index (χ2n) is 4.47. The molecule has 2 rings (SSSR count). The van der Waals surface area contributed by atoms with Crippen LogP contribution in [-0.4, -0.2) is 17.6 Å². The van der Waals surface area contributed by atoms with Gasteiger partial charge in [-0.15, -0.1) is 0 Å². The van der Waals surface area contributed by atoms with E-state index in [2.05, 4.69) is 17.2 Å². The Morgan fingerprint density at radius 1 is 1.29 bits per heavy atom. The van der Waals surface area contributed by atoms with Crippen LogP contribution in [0.5, 0.6) is 0 Å². The first kappa shape index (κ1) is 14.8. The fourth-order valence-corrected chi connectivity index (χ4v) is 1.83. The van der Waals surface area contributed by atoms with Gasteiger partial charge in [0, 0.05) is 11.1 Å². The summed E-state index contributed by atoms with van der Waals surface area (Å²) in [5.41, 5.74) is 2.32. The van der Waals surface area contributed by atoms with Crippen molar-refractivity contribution in [3.63, 3.8) is 0 Å². The summed E-state index contributed by atoms with van der Waals surface area (Å²) in [7, 11) is 0. The predicted octanol–water partition coefficient (Wildman–Crippen LogP) is 2.73. The van der Waals surface area contributed by atoms with Gasteiger partial charge in [0.2, 0.25) is 0 Å². The lowest BCUT2D eigenvalue weighted by molar-refractivity contribution is 0.102. The van der Waals surface area contributed by atoms with Crippen LogP contribution in [0.15, 0.2) is 42.5 Å². The Labute approximate surface area is 122 Å². The van der Waals surface area contributed by atoms with Crippen LogP contribution in [-0.2, 0) is 0 Å². The Morgan fingerprint density at radius 3 is 2.81 bits per heavy atom. The monoisotopic (exact) mass is 283 g/mol. The number of amides is 1. The molecule has 106 valence electrons. The lowest BCUT2D eigenvalue weighted by atomic mass is 10.1. The molecule has 0 radical (unpaired) electrons. The van der Waals surface area contributed by atoms with Gasteiger partial charge >= 0.3 is 0 Å². The number of rotatable bonds is 2. The van der Waals surface area contributed by atoms with E-state index in [1.165, 1.54) is 24.3 Å². The highest BCUT2D eigenvalue weighted by Gasteiger charge is 2.09. The molecule has 0 aromatic heterocycles. The number of aryl methyl sites for hydroxylation is 1. The number of hydrogen-bond donors (Lipinski definition) is 2. The minimum atomic E-state index is -0.466. The molecule has 2 aromatic rings. The van der Waals surface area contributed by atoms with E-state index in [-0.39, 0.29) is 12.2 Å². The molecule has 2 N–H and O–H groups in total. The lowest BCUT2D eigenvalue weighted by Crippen LogP contribution is -2.13. The number of hydrogen-bond acceptors (Lipinski definition) is 2. The normalized spacial score (nSPS) is 9.67. The first-order valence-corrected chi connectivity index (χ1v) is 6.37. The minimum absolute atomic E-state index is 0.234. The SMILES string of the molecule is Cc1ccc(C#CCO)c(NC(=O)c2cccc(F)c2)c1. The molecular formula is C17H14FNO2. The van der Waals surface area contributed by atoms with Gasteiger partial charge < -0.3 is 10.4 Å². The van der Waals surface area contributed by atoms with E-state index in [4.69, 9.17) is 5.11 Å². The summed E-state index contributed by atoms with van der Waals surface area (Å²) in [4.78, 5) is 12.1. The summed E-state index contributed by atoms with van der Waals surface area (Å²) in [6.45, 7) is 1.63. The van der Waals surface area contributed by atoms with Crippen molar-refractivity contribution in [3.05, 3.63) is 65.0 Å². The molecule has 0 unspecified atom stereocenters. The molecule has 0 heterocycles. The quantitative estimate of drug-likeness (QED) is 0.833. The number of aliphatic hydroxyl groups excluding tert-OH is 1. The highest BCUT2D eigenvalue weighted by molar-refractivity contribution is 6.05. The maximum atomic E-state index is 13.1. The maximum Gasteiger partial charge on any atom is 0.255 e. The van der Waals surface area contributed by atoms with Crippen molar-refractivity contribution >= 4 is 11.6 Å². The van der Waals surface area contributed by atoms with E-state index in [9.17, 15) is 9.18 Å². The maximum absolute atomic E-state index is 13.1. The molecule has 0 aliphatic rings. The number of aliphatic hydroxyl groups is 1. The molecule has 0 spiro atoms. The molecule has 3 nitrogen and oxygen atoms in total. The highest BCUT2D eigenvalue weighted by Crippen LogP contribution is 2.18. The number of anilines is 1. The molecule has 2 aromatic carbocycles. The number of carbonyl (C=O) groups is 1. The first-order valence-electron chi connectivity index (χ1n) is 6.37. The second kappa shape index (κ2) is 6.69. The van der Waals surface area contributed by atoms with Gasteiger partial charge in [-0.05, 0) is 42.8 Å². The van der Waals surface area contributed by atoms with Crippen molar-refractivity contribution in [2.24, 2.45) is 0 Å². The Hall–Kier alpha value is -2.64. The molecule has 0 atom stereocenters. The Kier molecular flexibility index (Phi) is 4.70. The van der Waals surface area contributed by atoms with E-state index in [1.807, 2.05) is 13.0 Å². The van der Waals surface area contributed by atoms with Crippen LogP contribution in [0.25, 0.3) is 0 Å². The zero-order valence-corrected chi connectivity index (χ0v) is 11.5. The van der Waals surface area contributed by atoms with Gasteiger partial charge in [0.05, 0.1) is 5.69 Å². The van der Waals surface area contributed by atoms with Gasteiger partial charge in [-0.3, -0.25) is 4.79 Å². The zero-order valence-electron chi connectivity index (χ0n) is 11.5. The number of benzene rings is 2. The number of nitrogens with one attached hydrogen (secondary N) is 1. The minimum Gasteiger partial charge on any atom is -0.384 e. The van der Waals surface area contributed by atoms with Crippen molar-refractivity contribution in [3.8, 4) is 11.8 Å². The molecule has 1 amide bonds. The average molecular weight is 283 g/mol. The van der Waals surface area contributed by atoms with Gasteiger partial charge in [-0.25, -0.2) is 4.39 Å². The lowest BCUT2D eigenvalue weighted by Gasteiger charge is -2.09. The van der Waals surface area contributed by atoms with Crippen molar-refractivity contribution in [2.45, 2.75) is 6.92 Å². The van der Waals surface area contributed by atoms with Gasteiger partial charge in [0.1, 0.15) is 12.4 Å². The van der Waals surface area contributed by atoms with Crippen molar-refractivity contribution in [1.29, 1.82) is 0 Å². The fraction of sp³-hybridized carbons (Fsp3) is 0.118. The zero-order chi connectivity index (χ0) is 15.2. The van der Waals surface area contributed by atoms with Crippen molar-refractivity contribution in [1.82, 2.24) is 0 Å². The molecule has 0 aliphatic carbocycles. The summed E-state index contributed by atoms with van der Waals surface area (Å²) < 4.78 is 13.1. The first-order chi connectivity index (χ1) is 10.1. The standard InChI is InChI=1S/C17H14FNO2/c1-12-7-8-13(5-3-9-20)16(10-12)19-17(21)14-4-2-6-15(18)11-14/h2,4,6-8,10-11,20H,9H2,1H3,(H,19,21). The summed E-state index contributed by atoms with van der Waals surface area (Å²) in [6.07, 6.45) is 0. The van der Waals surface area contributed by atoms with Crippen LogP contribution in [0.2, 0.25) is 0 Å². The van der Waals surface area contributed by atoms with E-state index in [0.29, 0.717) is 11.3 Å². The molecular weight excluding hydrogens is 269 g/mol. The molecule has 0 bridgehead atoms. The van der Waals surface area contributed by atoms with E-state index < -0.39 is 11.7 Å². The predicted molar refractivity (Wildman–Crippen MR) is 79.5 cm³/mol. The number of halogens is 1. The van der Waals surface area contributed by atoms with E-state index in [1.54, 1.807) is 12.1 Å². The summed E-state index contributed by atoms with van der Waals surface area (Å²) in [6, 6.07) is 10.9. The van der Waals surface area contributed by atoms with Crippen LogP contribution in [0.4, 0.5) is 10.1 Å². The average Bonchev–Trinajstić information content (AvgIpc) is 2.46. The third kappa shape index (κ3) is 3.91. The van der Waals surface area contributed by atoms with Crippen LogP contribution >= 0.6 is 0 Å². The van der Waals surface area contributed by atoms with E-state index in [0.717, 1.165) is 5.56 Å². The van der Waals surface area contributed by atoms with Crippen LogP contribution in [0.1, 0.15) is 21.5 Å². The van der Waals surface area contributed by atoms with Gasteiger partial charge in [0.15, 0.2) is 0 Å². The highest BCUT2D eigenvalue weighted by atomic mass is 19.1. The largest absolute Gasteiger partial charge is 0.384 e. The van der Waals surface area contributed by atoms with Gasteiger partial charge in [0.25, 0.3) is 5.91 Å². The van der Waals surface area contributed by atoms with Crippen LogP contribution < -0.4 is 5.32 Å². The Bertz CT molecular complexity index is 729. The molecule has 21 heavy (non-hydrogen) atoms. The van der Waals surface area contributed by atoms with Crippen molar-refractivity contribution in [2.75, 3.05) is 11.9 Å². The topological polar surface area (TPSA) is 49.3 Å². The molecule has 0 aliphatic heterocycles. The molecule has 4 heteroatoms. The molecule has 0 saturated carbocycles. The molecule has 0 fully saturated rings. The summed E-state index contributed by atoms with van der Waals surface area (Å²) in [5.74, 6) is 4.43. The van der Waals surface area contributed by atoms with Crippen LogP contribution in [0.3, 0.4) is 0 Å². The molecule has 0 saturated heterocycles. The van der Waals surface area contributed by atoms with E-state index >= 15 is 0 Å². The van der Waals surface area contributed by atoms with Crippen molar-refractivity contribution < 1.29 is 14.3 Å². The second-order valence-corrected chi connectivity index (χ2v) is 4.47. The Balaban J connectivity index is 2.30. The number of carbonyl (C=O) groups excluding carboxylic acids is 1.